The minimum atomic E-state index is -1.39. The molecule has 0 aromatic heterocycles. The van der Waals surface area contributed by atoms with Gasteiger partial charge >= 0.3 is 11.9 Å². The molecule has 0 aliphatic rings. The highest BCUT2D eigenvalue weighted by molar-refractivity contribution is 6.76. The van der Waals surface area contributed by atoms with Crippen molar-refractivity contribution < 1.29 is 38.6 Å². The number of Topliss-reactive ketones (excluding diaryl/α,β-unsaturated/α-hetero) is 1. The number of esters is 1. The molecule has 0 heterocycles. The molecule has 0 unspecified atom stereocenters. The molecular formula is C20H35N3O8Si. The zero-order chi connectivity index (χ0) is 25.1. The third-order valence-electron chi connectivity index (χ3n) is 4.53. The minimum absolute atomic E-state index is 0.102. The molecule has 32 heavy (non-hydrogen) atoms. The predicted octanol–water partition coefficient (Wildman–Crippen LogP) is 0.193. The molecule has 0 radical (unpaired) electrons. The highest BCUT2D eigenvalue weighted by atomic mass is 28.3. The van der Waals surface area contributed by atoms with E-state index in [1.54, 1.807) is 0 Å². The van der Waals surface area contributed by atoms with Crippen molar-refractivity contribution in [3.05, 3.63) is 0 Å². The van der Waals surface area contributed by atoms with Crippen LogP contribution >= 0.6 is 0 Å². The Bertz CT molecular complexity index is 720. The van der Waals surface area contributed by atoms with Gasteiger partial charge in [0.15, 0.2) is 5.78 Å². The molecule has 0 fully saturated rings. The van der Waals surface area contributed by atoms with Crippen LogP contribution in [-0.2, 0) is 33.5 Å². The summed E-state index contributed by atoms with van der Waals surface area (Å²) in [7, 11) is -1.32. The second kappa shape index (κ2) is 13.6. The van der Waals surface area contributed by atoms with Crippen LogP contribution in [0.15, 0.2) is 0 Å². The lowest BCUT2D eigenvalue weighted by Crippen LogP contribution is -2.48. The first-order valence-electron chi connectivity index (χ1n) is 10.4. The van der Waals surface area contributed by atoms with Crippen molar-refractivity contribution in [3.8, 4) is 0 Å². The number of hydrogen-bond acceptors (Lipinski definition) is 7. The molecule has 0 aliphatic heterocycles. The Morgan fingerprint density at radius 2 is 1.56 bits per heavy atom. The molecule has 5 N–H and O–H groups in total. The number of carbonyl (C=O) groups excluding carboxylic acids is 5. The Morgan fingerprint density at radius 3 is 2.06 bits per heavy atom. The van der Waals surface area contributed by atoms with E-state index in [0.29, 0.717) is 6.61 Å². The summed E-state index contributed by atoms with van der Waals surface area (Å²) in [5.74, 6) is -5.31. The SMILES string of the molecule is C[C@H](CC(=O)[C@H](C)NC(=O)CCC(=O)OCC[Si](C)(C)C)C(=O)N[C@@H](CC(=O)O)C(N)=O. The Labute approximate surface area is 188 Å². The number of aliphatic carboxylic acids is 1. The van der Waals surface area contributed by atoms with Crippen molar-refractivity contribution >= 4 is 43.5 Å². The number of amides is 3. The number of rotatable bonds is 15. The Kier molecular flexibility index (Phi) is 12.4. The number of hydrogen-bond donors (Lipinski definition) is 4. The fraction of sp³-hybridized carbons (Fsp3) is 0.700. The Hall–Kier alpha value is -2.76. The molecule has 0 saturated heterocycles. The summed E-state index contributed by atoms with van der Waals surface area (Å²) in [5.41, 5.74) is 5.07. The molecule has 0 aromatic carbocycles. The number of primary amides is 1. The quantitative estimate of drug-likeness (QED) is 0.192. The molecule has 12 heteroatoms. The maximum atomic E-state index is 12.3. The number of carboxylic acids is 1. The van der Waals surface area contributed by atoms with Crippen LogP contribution < -0.4 is 16.4 Å². The van der Waals surface area contributed by atoms with Gasteiger partial charge in [0.25, 0.3) is 0 Å². The molecule has 0 rings (SSSR count). The number of ketones is 1. The molecule has 0 spiro atoms. The fourth-order valence-electron chi connectivity index (χ4n) is 2.44. The lowest BCUT2D eigenvalue weighted by atomic mass is 9.99. The van der Waals surface area contributed by atoms with Gasteiger partial charge in [0, 0.05) is 26.8 Å². The van der Waals surface area contributed by atoms with E-state index in [9.17, 15) is 28.8 Å². The van der Waals surface area contributed by atoms with Gasteiger partial charge in [-0.2, -0.15) is 0 Å². The van der Waals surface area contributed by atoms with Crippen molar-refractivity contribution in [2.45, 2.75) is 77.3 Å². The van der Waals surface area contributed by atoms with Crippen molar-refractivity contribution in [3.63, 3.8) is 0 Å². The van der Waals surface area contributed by atoms with Gasteiger partial charge in [0.2, 0.25) is 17.7 Å². The standard InChI is InChI=1S/C20H35N3O8Si/c1-12(20(30)23-14(19(21)29)11-17(26)27)10-15(24)13(2)22-16(25)6-7-18(28)31-8-9-32(3,4)5/h12-14H,6-11H2,1-5H3,(H2,21,29)(H,22,25)(H,23,30)(H,26,27)/t12-,13+,14+/m1/s1. The van der Waals surface area contributed by atoms with E-state index in [2.05, 4.69) is 30.3 Å². The van der Waals surface area contributed by atoms with Gasteiger partial charge in [-0.1, -0.05) is 26.6 Å². The highest BCUT2D eigenvalue weighted by Gasteiger charge is 2.27. The van der Waals surface area contributed by atoms with Crippen LogP contribution in [0.3, 0.4) is 0 Å². The lowest BCUT2D eigenvalue weighted by Gasteiger charge is -2.19. The molecule has 0 aromatic rings. The monoisotopic (exact) mass is 473 g/mol. The summed E-state index contributed by atoms with van der Waals surface area (Å²) in [6.45, 7) is 9.68. The summed E-state index contributed by atoms with van der Waals surface area (Å²) >= 11 is 0. The average Bonchev–Trinajstić information content (AvgIpc) is 2.64. The van der Waals surface area contributed by atoms with E-state index in [0.717, 1.165) is 6.04 Å². The summed E-state index contributed by atoms with van der Waals surface area (Å²) < 4.78 is 5.11. The van der Waals surface area contributed by atoms with Gasteiger partial charge in [-0.05, 0) is 13.0 Å². The van der Waals surface area contributed by atoms with E-state index in [1.165, 1.54) is 13.8 Å². The molecule has 0 saturated carbocycles. The van der Waals surface area contributed by atoms with Crippen molar-refractivity contribution in [2.24, 2.45) is 11.7 Å². The van der Waals surface area contributed by atoms with E-state index in [-0.39, 0.29) is 19.3 Å². The van der Waals surface area contributed by atoms with Gasteiger partial charge in [0.05, 0.1) is 25.5 Å². The topological polar surface area (TPSA) is 182 Å². The van der Waals surface area contributed by atoms with Gasteiger partial charge in [-0.15, -0.1) is 0 Å². The predicted molar refractivity (Wildman–Crippen MR) is 118 cm³/mol. The maximum Gasteiger partial charge on any atom is 0.306 e. The second-order valence-electron chi connectivity index (χ2n) is 8.95. The molecule has 0 aliphatic carbocycles. The average molecular weight is 474 g/mol. The Balaban J connectivity index is 4.44. The van der Waals surface area contributed by atoms with Gasteiger partial charge in [-0.25, -0.2) is 0 Å². The summed E-state index contributed by atoms with van der Waals surface area (Å²) in [4.78, 5) is 70.1. The largest absolute Gasteiger partial charge is 0.481 e. The van der Waals surface area contributed by atoms with Crippen molar-refractivity contribution in [1.82, 2.24) is 10.6 Å². The Morgan fingerprint density at radius 1 is 0.969 bits per heavy atom. The van der Waals surface area contributed by atoms with Crippen molar-refractivity contribution in [2.75, 3.05) is 6.61 Å². The van der Waals surface area contributed by atoms with Crippen LogP contribution in [-0.4, -0.2) is 67.3 Å². The smallest absolute Gasteiger partial charge is 0.306 e. The highest BCUT2D eigenvalue weighted by Crippen LogP contribution is 2.09. The first-order valence-corrected chi connectivity index (χ1v) is 14.1. The van der Waals surface area contributed by atoms with Gasteiger partial charge < -0.3 is 26.2 Å². The fourth-order valence-corrected chi connectivity index (χ4v) is 3.15. The first kappa shape index (κ1) is 29.2. The van der Waals surface area contributed by atoms with Crippen LogP contribution in [0.1, 0.15) is 39.5 Å². The number of nitrogens with two attached hydrogens (primary N) is 1. The van der Waals surface area contributed by atoms with E-state index in [4.69, 9.17) is 15.6 Å². The summed E-state index contributed by atoms with van der Waals surface area (Å²) in [5, 5.41) is 13.4. The molecule has 0 bridgehead atoms. The number of ether oxygens (including phenoxy) is 1. The first-order chi connectivity index (χ1) is 14.6. The molecule has 3 amide bonds. The third kappa shape index (κ3) is 13.5. The summed E-state index contributed by atoms with van der Waals surface area (Å²) in [6, 6.07) is -1.45. The minimum Gasteiger partial charge on any atom is -0.481 e. The lowest BCUT2D eigenvalue weighted by molar-refractivity contribution is -0.144. The molecule has 3 atom stereocenters. The van der Waals surface area contributed by atoms with E-state index >= 15 is 0 Å². The zero-order valence-electron chi connectivity index (χ0n) is 19.4. The third-order valence-corrected chi connectivity index (χ3v) is 6.23. The zero-order valence-corrected chi connectivity index (χ0v) is 20.4. The molecule has 11 nitrogen and oxygen atoms in total. The van der Waals surface area contributed by atoms with E-state index < -0.39 is 67.9 Å². The van der Waals surface area contributed by atoms with Crippen LogP contribution in [0.5, 0.6) is 0 Å². The maximum absolute atomic E-state index is 12.3. The van der Waals surface area contributed by atoms with Crippen LogP contribution in [0.2, 0.25) is 25.7 Å². The number of nitrogens with one attached hydrogen (secondary N) is 2. The van der Waals surface area contributed by atoms with E-state index in [1.807, 2.05) is 0 Å². The van der Waals surface area contributed by atoms with Crippen LogP contribution in [0.4, 0.5) is 0 Å². The van der Waals surface area contributed by atoms with Gasteiger partial charge in [-0.3, -0.25) is 28.8 Å². The van der Waals surface area contributed by atoms with Gasteiger partial charge in [0.1, 0.15) is 6.04 Å². The molecule has 182 valence electrons. The molecular weight excluding hydrogens is 438 g/mol. The van der Waals surface area contributed by atoms with Crippen LogP contribution in [0, 0.1) is 5.92 Å². The number of carbonyl (C=O) groups is 6. The van der Waals surface area contributed by atoms with Crippen molar-refractivity contribution in [1.29, 1.82) is 0 Å². The summed E-state index contributed by atoms with van der Waals surface area (Å²) in [6.07, 6.45) is -1.15. The normalized spacial score (nSPS) is 13.9. The second-order valence-corrected chi connectivity index (χ2v) is 14.6. The van der Waals surface area contributed by atoms with Crippen LogP contribution in [0.25, 0.3) is 0 Å². The number of carboxylic acid groups (broad SMARTS) is 1.